The molecule has 206 valence electrons. The zero-order valence-electron chi connectivity index (χ0n) is 21.5. The van der Waals surface area contributed by atoms with Crippen LogP contribution in [0.4, 0.5) is 0 Å². The topological polar surface area (TPSA) is 171 Å². The third-order valence-electron chi connectivity index (χ3n) is 5.84. The summed E-state index contributed by atoms with van der Waals surface area (Å²) in [6, 6.07) is 13.4. The van der Waals surface area contributed by atoms with E-state index in [0.717, 1.165) is 11.1 Å². The maximum Gasteiger partial charge on any atom is 0.326 e. The summed E-state index contributed by atoms with van der Waals surface area (Å²) in [4.78, 5) is 50.7. The summed E-state index contributed by atoms with van der Waals surface area (Å²) in [6.07, 6.45) is 1.04. The van der Waals surface area contributed by atoms with Crippen LogP contribution in [0.5, 0.6) is 0 Å². The van der Waals surface area contributed by atoms with E-state index in [1.165, 1.54) is 18.7 Å². The van der Waals surface area contributed by atoms with Gasteiger partial charge in [-0.05, 0) is 42.9 Å². The van der Waals surface area contributed by atoms with E-state index < -0.39 is 54.0 Å². The molecule has 0 saturated heterocycles. The van der Waals surface area contributed by atoms with Crippen LogP contribution in [0, 0.1) is 0 Å². The largest absolute Gasteiger partial charge is 0.480 e. The van der Waals surface area contributed by atoms with Gasteiger partial charge in [-0.15, -0.1) is 0 Å². The fraction of sp³-hybridized carbons (Fsp3) is 0.407. The molecule has 0 radical (unpaired) electrons. The Hall–Kier alpha value is -3.41. The Morgan fingerprint density at radius 1 is 0.816 bits per heavy atom. The minimum Gasteiger partial charge on any atom is -0.480 e. The first kappa shape index (κ1) is 30.8. The van der Waals surface area contributed by atoms with Crippen molar-refractivity contribution in [1.82, 2.24) is 16.0 Å². The number of aliphatic carboxylic acids is 1. The maximum atomic E-state index is 13.2. The molecule has 38 heavy (non-hydrogen) atoms. The molecular formula is C27H36N4O6S. The summed E-state index contributed by atoms with van der Waals surface area (Å²) in [5.74, 6) is -2.79. The van der Waals surface area contributed by atoms with Crippen molar-refractivity contribution < 1.29 is 29.4 Å². The zero-order chi connectivity index (χ0) is 28.1. The summed E-state index contributed by atoms with van der Waals surface area (Å²) in [5, 5.41) is 27.3. The molecule has 0 bridgehead atoms. The highest BCUT2D eigenvalue weighted by Crippen LogP contribution is 2.08. The standard InChI is InChI=1S/C27H36N4O6S/c1-17(32)23(31-24(33)20(28)15-18-9-5-3-6-10-18)26(35)30-22(16-19-11-7-4-8-12-19)25(34)29-21(27(36)37)13-14-38-2/h3-12,17,20-23,32H,13-16,28H2,1-2H3,(H,29,34)(H,30,35)(H,31,33)(H,36,37). The summed E-state index contributed by atoms with van der Waals surface area (Å²) in [7, 11) is 0. The van der Waals surface area contributed by atoms with Gasteiger partial charge < -0.3 is 31.9 Å². The molecule has 0 aromatic heterocycles. The summed E-state index contributed by atoms with van der Waals surface area (Å²) < 4.78 is 0. The lowest BCUT2D eigenvalue weighted by Gasteiger charge is -2.26. The van der Waals surface area contributed by atoms with Crippen LogP contribution in [0.1, 0.15) is 24.5 Å². The number of carboxylic acid groups (broad SMARTS) is 1. The average molecular weight is 545 g/mol. The Labute approximate surface area is 226 Å². The molecule has 3 amide bonds. The number of carbonyl (C=O) groups is 4. The van der Waals surface area contributed by atoms with Crippen LogP contribution in [-0.4, -0.2) is 76.2 Å². The maximum absolute atomic E-state index is 13.2. The molecule has 2 aromatic rings. The fourth-order valence-corrected chi connectivity index (χ4v) is 4.18. The lowest BCUT2D eigenvalue weighted by molar-refractivity contribution is -0.142. The predicted octanol–water partition coefficient (Wildman–Crippen LogP) is 0.472. The Morgan fingerprint density at radius 2 is 1.34 bits per heavy atom. The number of hydrogen-bond donors (Lipinski definition) is 6. The second-order valence-electron chi connectivity index (χ2n) is 8.95. The monoisotopic (exact) mass is 544 g/mol. The van der Waals surface area contributed by atoms with Gasteiger partial charge in [0.25, 0.3) is 0 Å². The Kier molecular flexibility index (Phi) is 12.8. The molecule has 0 heterocycles. The number of amides is 3. The molecule has 0 fully saturated rings. The smallest absolute Gasteiger partial charge is 0.326 e. The molecular weight excluding hydrogens is 508 g/mol. The number of nitrogens with two attached hydrogens (primary N) is 1. The van der Waals surface area contributed by atoms with E-state index in [4.69, 9.17) is 5.73 Å². The first-order valence-electron chi connectivity index (χ1n) is 12.3. The molecule has 0 aliphatic carbocycles. The normalized spacial score (nSPS) is 14.8. The van der Waals surface area contributed by atoms with Gasteiger partial charge in [0.05, 0.1) is 12.1 Å². The van der Waals surface area contributed by atoms with E-state index in [1.807, 2.05) is 36.6 Å². The number of aliphatic hydroxyl groups is 1. The predicted molar refractivity (Wildman–Crippen MR) is 146 cm³/mol. The van der Waals surface area contributed by atoms with Crippen molar-refractivity contribution in [2.24, 2.45) is 5.73 Å². The van der Waals surface area contributed by atoms with Gasteiger partial charge in [-0.3, -0.25) is 14.4 Å². The molecule has 5 atom stereocenters. The van der Waals surface area contributed by atoms with Gasteiger partial charge in [-0.25, -0.2) is 4.79 Å². The van der Waals surface area contributed by atoms with Crippen LogP contribution in [0.2, 0.25) is 0 Å². The van der Waals surface area contributed by atoms with Crippen molar-refractivity contribution in [3.05, 3.63) is 71.8 Å². The second kappa shape index (κ2) is 15.8. The zero-order valence-corrected chi connectivity index (χ0v) is 22.3. The van der Waals surface area contributed by atoms with Crippen LogP contribution in [-0.2, 0) is 32.0 Å². The quantitative estimate of drug-likeness (QED) is 0.188. The van der Waals surface area contributed by atoms with E-state index in [1.54, 1.807) is 30.3 Å². The first-order valence-corrected chi connectivity index (χ1v) is 13.7. The van der Waals surface area contributed by atoms with Crippen LogP contribution < -0.4 is 21.7 Å². The molecule has 0 spiro atoms. The Balaban J connectivity index is 2.16. The lowest BCUT2D eigenvalue weighted by Crippen LogP contribution is -2.60. The van der Waals surface area contributed by atoms with Crippen molar-refractivity contribution >= 4 is 35.5 Å². The molecule has 5 unspecified atom stereocenters. The van der Waals surface area contributed by atoms with Crippen molar-refractivity contribution in [3.8, 4) is 0 Å². The molecule has 7 N–H and O–H groups in total. The third-order valence-corrected chi connectivity index (χ3v) is 6.48. The van der Waals surface area contributed by atoms with Crippen LogP contribution in [0.15, 0.2) is 60.7 Å². The van der Waals surface area contributed by atoms with Gasteiger partial charge in [0, 0.05) is 6.42 Å². The second-order valence-corrected chi connectivity index (χ2v) is 9.94. The molecule has 11 heteroatoms. The Bertz CT molecular complexity index is 1050. The van der Waals surface area contributed by atoms with E-state index in [-0.39, 0.29) is 19.3 Å². The van der Waals surface area contributed by atoms with Crippen molar-refractivity contribution in [3.63, 3.8) is 0 Å². The van der Waals surface area contributed by atoms with Crippen LogP contribution in [0.3, 0.4) is 0 Å². The van der Waals surface area contributed by atoms with Gasteiger partial charge in [-0.2, -0.15) is 11.8 Å². The van der Waals surface area contributed by atoms with E-state index in [0.29, 0.717) is 5.75 Å². The van der Waals surface area contributed by atoms with Crippen molar-refractivity contribution in [2.45, 2.75) is 56.5 Å². The molecule has 2 rings (SSSR count). The minimum absolute atomic E-state index is 0.0707. The van der Waals surface area contributed by atoms with E-state index in [2.05, 4.69) is 16.0 Å². The number of benzene rings is 2. The minimum atomic E-state index is -1.39. The molecule has 0 saturated carbocycles. The van der Waals surface area contributed by atoms with E-state index >= 15 is 0 Å². The summed E-state index contributed by atoms with van der Waals surface area (Å²) in [6.45, 7) is 1.34. The van der Waals surface area contributed by atoms with Gasteiger partial charge >= 0.3 is 5.97 Å². The van der Waals surface area contributed by atoms with Gasteiger partial charge in [-0.1, -0.05) is 60.7 Å². The molecule has 2 aromatic carbocycles. The number of hydrogen-bond acceptors (Lipinski definition) is 7. The van der Waals surface area contributed by atoms with E-state index in [9.17, 15) is 29.4 Å². The molecule has 0 aliphatic heterocycles. The fourth-order valence-electron chi connectivity index (χ4n) is 3.71. The number of nitrogens with one attached hydrogen (secondary N) is 3. The highest BCUT2D eigenvalue weighted by molar-refractivity contribution is 7.98. The number of thioether (sulfide) groups is 1. The van der Waals surface area contributed by atoms with Crippen molar-refractivity contribution in [1.29, 1.82) is 0 Å². The van der Waals surface area contributed by atoms with Crippen LogP contribution in [0.25, 0.3) is 0 Å². The van der Waals surface area contributed by atoms with Gasteiger partial charge in [0.2, 0.25) is 17.7 Å². The van der Waals surface area contributed by atoms with Crippen LogP contribution >= 0.6 is 11.8 Å². The number of aliphatic hydroxyl groups excluding tert-OH is 1. The molecule has 0 aliphatic rings. The number of carboxylic acids is 1. The highest BCUT2D eigenvalue weighted by Gasteiger charge is 2.32. The third kappa shape index (κ3) is 10.2. The van der Waals surface area contributed by atoms with Gasteiger partial charge in [0.1, 0.15) is 18.1 Å². The SMILES string of the molecule is CSCCC(NC(=O)C(Cc1ccccc1)NC(=O)C(NC(=O)C(N)Cc1ccccc1)C(C)O)C(=O)O. The lowest BCUT2D eigenvalue weighted by atomic mass is 10.0. The number of carbonyl (C=O) groups excluding carboxylic acids is 3. The first-order chi connectivity index (χ1) is 18.1. The summed E-state index contributed by atoms with van der Waals surface area (Å²) in [5.41, 5.74) is 7.59. The molecule has 10 nitrogen and oxygen atoms in total. The Morgan fingerprint density at radius 3 is 1.84 bits per heavy atom. The average Bonchev–Trinajstić information content (AvgIpc) is 2.89. The number of rotatable bonds is 15. The summed E-state index contributed by atoms with van der Waals surface area (Å²) >= 11 is 1.45. The van der Waals surface area contributed by atoms with Gasteiger partial charge in [0.15, 0.2) is 0 Å². The highest BCUT2D eigenvalue weighted by atomic mass is 32.2. The van der Waals surface area contributed by atoms with Crippen molar-refractivity contribution in [2.75, 3.05) is 12.0 Å².